The van der Waals surface area contributed by atoms with Crippen LogP contribution in [0.5, 0.6) is 5.75 Å². The molecule has 126 valence electrons. The number of hydrogen-bond acceptors (Lipinski definition) is 3. The zero-order valence-electron chi connectivity index (χ0n) is 13.4. The minimum absolute atomic E-state index is 0.0992. The van der Waals surface area contributed by atoms with Crippen LogP contribution in [0.25, 0.3) is 0 Å². The molecule has 1 fully saturated rings. The third-order valence-electron chi connectivity index (χ3n) is 3.88. The van der Waals surface area contributed by atoms with Crippen LogP contribution in [-0.4, -0.2) is 36.5 Å². The molecule has 1 aromatic rings. The van der Waals surface area contributed by atoms with Gasteiger partial charge >= 0.3 is 6.03 Å². The molecule has 6 heteroatoms. The highest BCUT2D eigenvalue weighted by atomic mass is 16.5. The molecule has 3 N–H and O–H groups in total. The topological polar surface area (TPSA) is 84.7 Å². The van der Waals surface area contributed by atoms with Crippen molar-refractivity contribution in [1.29, 1.82) is 0 Å². The van der Waals surface area contributed by atoms with Crippen molar-refractivity contribution in [3.63, 3.8) is 0 Å². The largest absolute Gasteiger partial charge is 0.491 e. The number of nitrogens with two attached hydrogens (primary N) is 1. The van der Waals surface area contributed by atoms with E-state index in [4.69, 9.17) is 10.5 Å². The maximum Gasteiger partial charge on any atom is 0.321 e. The normalized spacial score (nSPS) is 15.4. The van der Waals surface area contributed by atoms with Gasteiger partial charge in [-0.25, -0.2) is 4.79 Å². The van der Waals surface area contributed by atoms with E-state index in [0.29, 0.717) is 11.4 Å². The fourth-order valence-electron chi connectivity index (χ4n) is 2.60. The summed E-state index contributed by atoms with van der Waals surface area (Å²) in [5.74, 6) is 0.140. The summed E-state index contributed by atoms with van der Waals surface area (Å²) >= 11 is 0. The molecule has 0 aliphatic carbocycles. The highest BCUT2D eigenvalue weighted by Crippen LogP contribution is 2.24. The van der Waals surface area contributed by atoms with Gasteiger partial charge in [0.1, 0.15) is 5.75 Å². The van der Waals surface area contributed by atoms with E-state index in [9.17, 15) is 9.59 Å². The van der Waals surface area contributed by atoms with Gasteiger partial charge in [-0.1, -0.05) is 31.4 Å². The number of nitrogens with zero attached hydrogens (tertiary/aromatic N) is 1. The molecule has 6 nitrogen and oxygen atoms in total. The number of para-hydroxylation sites is 2. The summed E-state index contributed by atoms with van der Waals surface area (Å²) in [6.07, 6.45) is 5.85. The van der Waals surface area contributed by atoms with Gasteiger partial charge in [-0.3, -0.25) is 4.79 Å². The molecule has 1 saturated heterocycles. The van der Waals surface area contributed by atoms with E-state index in [1.807, 2.05) is 17.0 Å². The average molecular weight is 319 g/mol. The average Bonchev–Trinajstić information content (AvgIpc) is 2.48. The Kier molecular flexibility index (Phi) is 6.72. The summed E-state index contributed by atoms with van der Waals surface area (Å²) < 4.78 is 5.55. The molecule has 0 bridgehead atoms. The molecular weight excluding hydrogens is 294 g/mol. The number of carbonyl (C=O) groups is 2. The smallest absolute Gasteiger partial charge is 0.321 e. The zero-order valence-corrected chi connectivity index (χ0v) is 13.4. The standard InChI is InChI=1S/C17H25N3O3/c18-16(21)10-13-23-15-9-5-4-8-14(15)19-17(22)20-11-6-2-1-3-7-12-20/h4-5,8-9H,1-3,6-7,10-13H2,(H2,18,21)(H,19,22). The second kappa shape index (κ2) is 9.02. The molecule has 0 unspecified atom stereocenters. The maximum absolute atomic E-state index is 12.5. The van der Waals surface area contributed by atoms with Gasteiger partial charge in [-0.15, -0.1) is 0 Å². The van der Waals surface area contributed by atoms with E-state index < -0.39 is 5.91 Å². The van der Waals surface area contributed by atoms with Gasteiger partial charge in [-0.2, -0.15) is 0 Å². The predicted octanol–water partition coefficient (Wildman–Crippen LogP) is 2.74. The number of urea groups is 1. The van der Waals surface area contributed by atoms with Crippen LogP contribution < -0.4 is 15.8 Å². The summed E-state index contributed by atoms with van der Waals surface area (Å²) in [5.41, 5.74) is 5.72. The summed E-state index contributed by atoms with van der Waals surface area (Å²) in [7, 11) is 0. The van der Waals surface area contributed by atoms with Crippen molar-refractivity contribution in [2.45, 2.75) is 38.5 Å². The van der Waals surface area contributed by atoms with Crippen molar-refractivity contribution < 1.29 is 14.3 Å². The number of rotatable bonds is 5. The summed E-state index contributed by atoms with van der Waals surface area (Å²) in [4.78, 5) is 25.1. The molecular formula is C17H25N3O3. The molecule has 0 spiro atoms. The monoisotopic (exact) mass is 319 g/mol. The Bertz CT molecular complexity index is 526. The molecule has 3 amide bonds. The Morgan fingerprint density at radius 3 is 2.43 bits per heavy atom. The van der Waals surface area contributed by atoms with E-state index in [-0.39, 0.29) is 19.1 Å². The zero-order chi connectivity index (χ0) is 16.5. The van der Waals surface area contributed by atoms with E-state index in [1.54, 1.807) is 12.1 Å². The van der Waals surface area contributed by atoms with Gasteiger partial charge in [0.05, 0.1) is 18.7 Å². The number of likely N-dealkylation sites (tertiary alicyclic amines) is 1. The summed E-state index contributed by atoms with van der Waals surface area (Å²) in [5, 5.41) is 2.91. The van der Waals surface area contributed by atoms with Crippen LogP contribution >= 0.6 is 0 Å². The van der Waals surface area contributed by atoms with E-state index >= 15 is 0 Å². The van der Waals surface area contributed by atoms with Gasteiger partial charge in [0, 0.05) is 13.1 Å². The fraction of sp³-hybridized carbons (Fsp3) is 0.529. The number of nitrogens with one attached hydrogen (secondary N) is 1. The molecule has 0 saturated carbocycles. The Morgan fingerprint density at radius 2 is 1.74 bits per heavy atom. The van der Waals surface area contributed by atoms with Crippen molar-refractivity contribution in [3.05, 3.63) is 24.3 Å². The first-order chi connectivity index (χ1) is 11.2. The lowest BCUT2D eigenvalue weighted by Gasteiger charge is -2.25. The van der Waals surface area contributed by atoms with Crippen LogP contribution in [0, 0.1) is 0 Å². The Balaban J connectivity index is 1.95. The molecule has 2 rings (SSSR count). The molecule has 1 aliphatic heterocycles. The van der Waals surface area contributed by atoms with Gasteiger partial charge in [0.25, 0.3) is 0 Å². The number of hydrogen-bond donors (Lipinski definition) is 2. The number of primary amides is 1. The van der Waals surface area contributed by atoms with E-state index in [0.717, 1.165) is 25.9 Å². The number of anilines is 1. The van der Waals surface area contributed by atoms with Crippen molar-refractivity contribution in [2.24, 2.45) is 5.73 Å². The van der Waals surface area contributed by atoms with Crippen molar-refractivity contribution in [1.82, 2.24) is 4.90 Å². The van der Waals surface area contributed by atoms with Crippen LogP contribution in [0.1, 0.15) is 38.5 Å². The quantitative estimate of drug-likeness (QED) is 0.875. The van der Waals surface area contributed by atoms with Gasteiger partial charge < -0.3 is 20.7 Å². The third-order valence-corrected chi connectivity index (χ3v) is 3.88. The Morgan fingerprint density at radius 1 is 1.09 bits per heavy atom. The van der Waals surface area contributed by atoms with Crippen LogP contribution in [0.3, 0.4) is 0 Å². The lowest BCUT2D eigenvalue weighted by atomic mass is 10.1. The molecule has 1 aliphatic rings. The SMILES string of the molecule is NC(=O)CCOc1ccccc1NC(=O)N1CCCCCCC1. The first-order valence-electron chi connectivity index (χ1n) is 8.23. The van der Waals surface area contributed by atoms with Crippen LogP contribution in [0.4, 0.5) is 10.5 Å². The highest BCUT2D eigenvalue weighted by molar-refractivity contribution is 5.91. The molecule has 1 heterocycles. The molecule has 0 aromatic heterocycles. The van der Waals surface area contributed by atoms with E-state index in [2.05, 4.69) is 5.32 Å². The third kappa shape index (κ3) is 5.81. The molecule has 23 heavy (non-hydrogen) atoms. The molecule has 0 radical (unpaired) electrons. The molecule has 0 atom stereocenters. The number of ether oxygens (including phenoxy) is 1. The lowest BCUT2D eigenvalue weighted by molar-refractivity contribution is -0.118. The van der Waals surface area contributed by atoms with Crippen molar-refractivity contribution in [3.8, 4) is 5.75 Å². The van der Waals surface area contributed by atoms with Crippen molar-refractivity contribution in [2.75, 3.05) is 25.0 Å². The number of benzene rings is 1. The minimum atomic E-state index is -0.410. The molecule has 1 aromatic carbocycles. The first-order valence-corrected chi connectivity index (χ1v) is 8.23. The minimum Gasteiger partial charge on any atom is -0.491 e. The van der Waals surface area contributed by atoms with Crippen LogP contribution in [0.15, 0.2) is 24.3 Å². The maximum atomic E-state index is 12.5. The second-order valence-corrected chi connectivity index (χ2v) is 5.75. The second-order valence-electron chi connectivity index (χ2n) is 5.75. The lowest BCUT2D eigenvalue weighted by Crippen LogP contribution is -2.37. The van der Waals surface area contributed by atoms with Crippen LogP contribution in [0.2, 0.25) is 0 Å². The van der Waals surface area contributed by atoms with Crippen LogP contribution in [-0.2, 0) is 4.79 Å². The predicted molar refractivity (Wildman–Crippen MR) is 89.4 cm³/mol. The number of amides is 3. The van der Waals surface area contributed by atoms with E-state index in [1.165, 1.54) is 19.3 Å². The van der Waals surface area contributed by atoms with Gasteiger partial charge in [-0.05, 0) is 25.0 Å². The Labute approximate surface area is 137 Å². The fourth-order valence-corrected chi connectivity index (χ4v) is 2.60. The van der Waals surface area contributed by atoms with Gasteiger partial charge in [0.2, 0.25) is 5.91 Å². The summed E-state index contributed by atoms with van der Waals surface area (Å²) in [6, 6.07) is 7.12. The summed E-state index contributed by atoms with van der Waals surface area (Å²) in [6.45, 7) is 1.78. The highest BCUT2D eigenvalue weighted by Gasteiger charge is 2.16. The first kappa shape index (κ1) is 17.1. The van der Waals surface area contributed by atoms with Crippen molar-refractivity contribution >= 4 is 17.6 Å². The van der Waals surface area contributed by atoms with Gasteiger partial charge in [0.15, 0.2) is 0 Å². The number of carbonyl (C=O) groups excluding carboxylic acids is 2. The Hall–Kier alpha value is -2.24.